The lowest BCUT2D eigenvalue weighted by molar-refractivity contribution is -0.260. The minimum Gasteiger partial charge on any atom is -0.456 e. The predicted octanol–water partition coefficient (Wildman–Crippen LogP) is 4.56. The highest BCUT2D eigenvalue weighted by Crippen LogP contribution is 2.27. The van der Waals surface area contributed by atoms with Crippen molar-refractivity contribution < 1.29 is 28.5 Å². The molecule has 0 aromatic heterocycles. The van der Waals surface area contributed by atoms with Crippen LogP contribution in [-0.4, -0.2) is 43.1 Å². The molecular weight excluding hydrogens is 396 g/mol. The van der Waals surface area contributed by atoms with E-state index in [4.69, 9.17) is 18.9 Å². The number of hydrogen-bond donors (Lipinski definition) is 0. The number of hydrogen-bond acceptors (Lipinski definition) is 6. The molecule has 3 rings (SSSR count). The van der Waals surface area contributed by atoms with E-state index in [0.717, 1.165) is 12.8 Å². The third kappa shape index (κ3) is 6.51. The van der Waals surface area contributed by atoms with Gasteiger partial charge in [0, 0.05) is 6.42 Å². The molecule has 0 saturated carbocycles. The van der Waals surface area contributed by atoms with Gasteiger partial charge < -0.3 is 18.9 Å². The van der Waals surface area contributed by atoms with Gasteiger partial charge >= 0.3 is 11.9 Å². The fourth-order valence-corrected chi connectivity index (χ4v) is 3.30. The van der Waals surface area contributed by atoms with Gasteiger partial charge in [-0.3, -0.25) is 0 Å². The predicted molar refractivity (Wildman–Crippen MR) is 116 cm³/mol. The summed E-state index contributed by atoms with van der Waals surface area (Å²) in [6, 6.07) is 17.5. The first kappa shape index (κ1) is 22.7. The lowest BCUT2D eigenvalue weighted by Crippen LogP contribution is -2.50. The van der Waals surface area contributed by atoms with Gasteiger partial charge in [0.05, 0.1) is 23.8 Å². The van der Waals surface area contributed by atoms with Crippen LogP contribution in [0, 0.1) is 0 Å². The zero-order valence-electron chi connectivity index (χ0n) is 17.6. The van der Waals surface area contributed by atoms with Gasteiger partial charge in [-0.1, -0.05) is 42.5 Å². The molecule has 2 aromatic rings. The maximum absolute atomic E-state index is 12.6. The first-order valence-corrected chi connectivity index (χ1v) is 10.5. The first-order valence-electron chi connectivity index (χ1n) is 10.5. The van der Waals surface area contributed by atoms with Crippen molar-refractivity contribution in [3.05, 3.63) is 84.4 Å². The van der Waals surface area contributed by atoms with E-state index < -0.39 is 36.5 Å². The Morgan fingerprint density at radius 1 is 0.968 bits per heavy atom. The molecule has 0 amide bonds. The first-order chi connectivity index (χ1) is 15.1. The van der Waals surface area contributed by atoms with Gasteiger partial charge in [-0.2, -0.15) is 0 Å². The lowest BCUT2D eigenvalue weighted by Gasteiger charge is -2.38. The van der Waals surface area contributed by atoms with Crippen LogP contribution in [0.15, 0.2) is 73.3 Å². The second-order valence-electron chi connectivity index (χ2n) is 7.37. The molecule has 2 aromatic carbocycles. The van der Waals surface area contributed by atoms with Gasteiger partial charge in [0.15, 0.2) is 12.4 Å². The van der Waals surface area contributed by atoms with Gasteiger partial charge in [-0.15, -0.1) is 6.58 Å². The molecule has 1 saturated heterocycles. The summed E-state index contributed by atoms with van der Waals surface area (Å²) in [4.78, 5) is 25.1. The second kappa shape index (κ2) is 11.4. The van der Waals surface area contributed by atoms with Crippen molar-refractivity contribution in [2.45, 2.75) is 50.8 Å². The second-order valence-corrected chi connectivity index (χ2v) is 7.37. The number of rotatable bonds is 9. The Morgan fingerprint density at radius 2 is 1.52 bits per heavy atom. The molecule has 1 heterocycles. The van der Waals surface area contributed by atoms with Crippen molar-refractivity contribution in [2.75, 3.05) is 6.61 Å². The van der Waals surface area contributed by atoms with E-state index in [9.17, 15) is 9.59 Å². The highest BCUT2D eigenvalue weighted by Gasteiger charge is 2.41. The molecule has 0 unspecified atom stereocenters. The van der Waals surface area contributed by atoms with E-state index in [0.29, 0.717) is 17.7 Å². The van der Waals surface area contributed by atoms with E-state index in [1.165, 1.54) is 0 Å². The molecule has 0 N–H and O–H groups in total. The fourth-order valence-electron chi connectivity index (χ4n) is 3.30. The van der Waals surface area contributed by atoms with E-state index in [1.807, 2.05) is 25.1 Å². The summed E-state index contributed by atoms with van der Waals surface area (Å²) < 4.78 is 23.2. The summed E-state index contributed by atoms with van der Waals surface area (Å²) in [7, 11) is 0. The summed E-state index contributed by atoms with van der Waals surface area (Å²) >= 11 is 0. The third-order valence-electron chi connectivity index (χ3n) is 5.01. The number of allylic oxidation sites excluding steroid dienone is 1. The molecule has 1 aliphatic rings. The Morgan fingerprint density at radius 3 is 2.06 bits per heavy atom. The molecule has 0 spiro atoms. The van der Waals surface area contributed by atoms with Crippen molar-refractivity contribution >= 4 is 11.9 Å². The number of carbonyl (C=O) groups excluding carboxylic acids is 2. The fraction of sp³-hybridized carbons (Fsp3) is 0.360. The number of carbonyl (C=O) groups is 2. The number of esters is 2. The summed E-state index contributed by atoms with van der Waals surface area (Å²) in [6.45, 7) is 5.96. The van der Waals surface area contributed by atoms with E-state index >= 15 is 0 Å². The molecule has 1 fully saturated rings. The highest BCUT2D eigenvalue weighted by molar-refractivity contribution is 5.90. The smallest absolute Gasteiger partial charge is 0.338 e. The van der Waals surface area contributed by atoms with Crippen LogP contribution in [0.25, 0.3) is 0 Å². The van der Waals surface area contributed by atoms with Crippen LogP contribution in [0.3, 0.4) is 0 Å². The largest absolute Gasteiger partial charge is 0.456 e. The maximum Gasteiger partial charge on any atom is 0.338 e. The minimum atomic E-state index is -0.737. The SMILES string of the molecule is C=CCCCO[C@@H]1O[C@@H](C)[C@H](OC(=O)c2ccccc2)C[C@H]1OC(=O)c1ccccc1. The third-order valence-corrected chi connectivity index (χ3v) is 5.01. The maximum atomic E-state index is 12.6. The standard InChI is InChI=1S/C25H28O6/c1-3-4-11-16-28-25-22(31-24(27)20-14-9-6-10-15-20)17-21(18(2)29-25)30-23(26)19-12-7-5-8-13-19/h3,5-10,12-15,18,21-22,25H,1,4,11,16-17H2,2H3/t18-,21+,22+,25+/m0/s1. The molecule has 0 bridgehead atoms. The van der Waals surface area contributed by atoms with Crippen molar-refractivity contribution in [3.63, 3.8) is 0 Å². The number of ether oxygens (including phenoxy) is 4. The molecule has 6 heteroatoms. The molecule has 31 heavy (non-hydrogen) atoms. The Labute approximate surface area is 182 Å². The molecule has 1 aliphatic heterocycles. The average Bonchev–Trinajstić information content (AvgIpc) is 2.80. The summed E-state index contributed by atoms with van der Waals surface area (Å²) in [5.41, 5.74) is 0.889. The van der Waals surface area contributed by atoms with Crippen LogP contribution in [-0.2, 0) is 18.9 Å². The highest BCUT2D eigenvalue weighted by atomic mass is 16.7. The zero-order chi connectivity index (χ0) is 22.1. The van der Waals surface area contributed by atoms with Gasteiger partial charge in [-0.05, 0) is 44.0 Å². The zero-order valence-corrected chi connectivity index (χ0v) is 17.6. The Balaban J connectivity index is 1.68. The van der Waals surface area contributed by atoms with Crippen LogP contribution in [0.4, 0.5) is 0 Å². The summed E-state index contributed by atoms with van der Waals surface area (Å²) in [5, 5.41) is 0. The van der Waals surface area contributed by atoms with E-state index in [-0.39, 0.29) is 6.42 Å². The van der Waals surface area contributed by atoms with Crippen LogP contribution in [0.1, 0.15) is 46.9 Å². The molecule has 164 valence electrons. The van der Waals surface area contributed by atoms with Gasteiger partial charge in [-0.25, -0.2) is 9.59 Å². The molecule has 6 nitrogen and oxygen atoms in total. The topological polar surface area (TPSA) is 71.1 Å². The van der Waals surface area contributed by atoms with Crippen LogP contribution < -0.4 is 0 Å². The Bertz CT molecular complexity index is 851. The van der Waals surface area contributed by atoms with Gasteiger partial charge in [0.2, 0.25) is 0 Å². The Kier molecular flexibility index (Phi) is 8.38. The van der Waals surface area contributed by atoms with Crippen molar-refractivity contribution in [1.29, 1.82) is 0 Å². The van der Waals surface area contributed by atoms with Gasteiger partial charge in [0.25, 0.3) is 0 Å². The average molecular weight is 424 g/mol. The van der Waals surface area contributed by atoms with Crippen molar-refractivity contribution in [2.24, 2.45) is 0 Å². The quantitative estimate of drug-likeness (QED) is 0.334. The summed E-state index contributed by atoms with van der Waals surface area (Å²) in [6.07, 6.45) is 1.26. The number of benzene rings is 2. The van der Waals surface area contributed by atoms with Crippen LogP contribution in [0.2, 0.25) is 0 Å². The van der Waals surface area contributed by atoms with E-state index in [2.05, 4.69) is 6.58 Å². The molecule has 0 aliphatic carbocycles. The van der Waals surface area contributed by atoms with E-state index in [1.54, 1.807) is 48.5 Å². The monoisotopic (exact) mass is 424 g/mol. The molecular formula is C25H28O6. The Hall–Kier alpha value is -2.96. The number of unbranched alkanes of at least 4 members (excludes halogenated alkanes) is 1. The minimum absolute atomic E-state index is 0.282. The molecule has 0 radical (unpaired) electrons. The van der Waals surface area contributed by atoms with Crippen LogP contribution in [0.5, 0.6) is 0 Å². The van der Waals surface area contributed by atoms with Gasteiger partial charge in [0.1, 0.15) is 6.10 Å². The lowest BCUT2D eigenvalue weighted by atomic mass is 10.0. The van der Waals surface area contributed by atoms with Crippen LogP contribution >= 0.6 is 0 Å². The summed E-state index contributed by atoms with van der Waals surface area (Å²) in [5.74, 6) is -0.920. The van der Waals surface area contributed by atoms with Crippen molar-refractivity contribution in [1.82, 2.24) is 0 Å². The van der Waals surface area contributed by atoms with Crippen molar-refractivity contribution in [3.8, 4) is 0 Å². The normalized spacial score (nSPS) is 23.0. The molecule has 4 atom stereocenters.